The van der Waals surface area contributed by atoms with Crippen LogP contribution >= 0.6 is 0 Å². The fraction of sp³-hybridized carbons (Fsp3) is 0.667. The molecule has 6 nitrogen and oxygen atoms in total. The van der Waals surface area contributed by atoms with Crippen LogP contribution in [-0.4, -0.2) is 52.0 Å². The van der Waals surface area contributed by atoms with Crippen LogP contribution in [0.1, 0.15) is 0 Å². The summed E-state index contributed by atoms with van der Waals surface area (Å²) in [5, 5.41) is 26.8. The van der Waals surface area contributed by atoms with Crippen LogP contribution in [0.25, 0.3) is 0 Å². The summed E-state index contributed by atoms with van der Waals surface area (Å²) in [5.74, 6) is -1.11. The van der Waals surface area contributed by atoms with Crippen LogP contribution in [0.2, 0.25) is 0 Å². The second kappa shape index (κ2) is 3.18. The van der Waals surface area contributed by atoms with E-state index in [2.05, 4.69) is 4.74 Å². The zero-order valence-electron chi connectivity index (χ0n) is 5.95. The summed E-state index contributed by atoms with van der Waals surface area (Å²) < 4.78 is 4.26. The van der Waals surface area contributed by atoms with Crippen LogP contribution in [-0.2, 0) is 14.3 Å². The van der Waals surface area contributed by atoms with Crippen molar-refractivity contribution in [1.82, 2.24) is 0 Å². The highest BCUT2D eigenvalue weighted by atomic mass is 16.6. The molecule has 0 aromatic rings. The van der Waals surface area contributed by atoms with Crippen LogP contribution in [0.3, 0.4) is 0 Å². The average Bonchev–Trinajstić information content (AvgIpc) is 2.08. The summed E-state index contributed by atoms with van der Waals surface area (Å²) in [4.78, 5) is 20.8. The highest BCUT2D eigenvalue weighted by molar-refractivity contribution is 5.79. The number of aldehydes is 1. The van der Waals surface area contributed by atoms with Gasteiger partial charge in [-0.2, -0.15) is 0 Å². The summed E-state index contributed by atoms with van der Waals surface area (Å²) in [6.45, 7) is 0. The number of carbonyl (C=O) groups excluding carboxylic acids is 2. The van der Waals surface area contributed by atoms with Gasteiger partial charge in [-0.05, 0) is 0 Å². The Bertz CT molecular complexity index is 200. The zero-order chi connectivity index (χ0) is 9.30. The molecule has 0 spiro atoms. The SMILES string of the molecule is O=C[C@@H]1OC(=O)[C@@H](O)[C@H](O)[C@H]1O. The fourth-order valence-electron chi connectivity index (χ4n) is 0.902. The van der Waals surface area contributed by atoms with Gasteiger partial charge in [0, 0.05) is 0 Å². The van der Waals surface area contributed by atoms with E-state index in [-0.39, 0.29) is 6.29 Å². The van der Waals surface area contributed by atoms with Crippen LogP contribution in [0.4, 0.5) is 0 Å². The van der Waals surface area contributed by atoms with Gasteiger partial charge in [0.15, 0.2) is 18.5 Å². The van der Waals surface area contributed by atoms with E-state index in [9.17, 15) is 9.59 Å². The molecule has 0 saturated carbocycles. The molecule has 0 aromatic heterocycles. The Morgan fingerprint density at radius 2 is 1.83 bits per heavy atom. The topological polar surface area (TPSA) is 104 Å². The number of aliphatic hydroxyl groups excluding tert-OH is 3. The van der Waals surface area contributed by atoms with Gasteiger partial charge in [-0.1, -0.05) is 0 Å². The van der Waals surface area contributed by atoms with Crippen LogP contribution in [0.5, 0.6) is 0 Å². The van der Waals surface area contributed by atoms with E-state index >= 15 is 0 Å². The summed E-state index contributed by atoms with van der Waals surface area (Å²) >= 11 is 0. The minimum absolute atomic E-state index is 0.192. The van der Waals surface area contributed by atoms with E-state index in [1.165, 1.54) is 0 Å². The predicted molar refractivity (Wildman–Crippen MR) is 34.0 cm³/mol. The maximum absolute atomic E-state index is 10.6. The molecular weight excluding hydrogens is 168 g/mol. The van der Waals surface area contributed by atoms with Crippen molar-refractivity contribution in [2.24, 2.45) is 0 Å². The molecule has 0 radical (unpaired) electrons. The molecule has 0 bridgehead atoms. The highest BCUT2D eigenvalue weighted by Gasteiger charge is 2.43. The van der Waals surface area contributed by atoms with E-state index in [0.29, 0.717) is 0 Å². The molecule has 3 N–H and O–H groups in total. The first kappa shape index (κ1) is 9.11. The number of hydrogen-bond acceptors (Lipinski definition) is 6. The molecule has 1 aliphatic heterocycles. The van der Waals surface area contributed by atoms with Crippen molar-refractivity contribution >= 4 is 12.3 Å². The molecule has 4 atom stereocenters. The Kier molecular flexibility index (Phi) is 2.41. The third kappa shape index (κ3) is 1.31. The van der Waals surface area contributed by atoms with Crippen LogP contribution in [0, 0.1) is 0 Å². The summed E-state index contributed by atoms with van der Waals surface area (Å²) in [6.07, 6.45) is -6.21. The molecule has 0 aliphatic carbocycles. The van der Waals surface area contributed by atoms with Crippen LogP contribution < -0.4 is 0 Å². The monoisotopic (exact) mass is 176 g/mol. The average molecular weight is 176 g/mol. The van der Waals surface area contributed by atoms with Gasteiger partial charge in [0.25, 0.3) is 0 Å². The number of esters is 1. The molecule has 0 aromatic carbocycles. The van der Waals surface area contributed by atoms with Gasteiger partial charge in [0.2, 0.25) is 0 Å². The van der Waals surface area contributed by atoms with E-state index < -0.39 is 30.4 Å². The number of hydrogen-bond donors (Lipinski definition) is 3. The number of rotatable bonds is 1. The molecule has 12 heavy (non-hydrogen) atoms. The van der Waals surface area contributed by atoms with Crippen molar-refractivity contribution in [3.63, 3.8) is 0 Å². The summed E-state index contributed by atoms with van der Waals surface area (Å²) in [7, 11) is 0. The Labute approximate surface area is 67.4 Å². The van der Waals surface area contributed by atoms with E-state index in [1.807, 2.05) is 0 Å². The maximum Gasteiger partial charge on any atom is 0.338 e. The van der Waals surface area contributed by atoms with Crippen molar-refractivity contribution in [2.75, 3.05) is 0 Å². The third-order valence-corrected chi connectivity index (χ3v) is 1.64. The lowest BCUT2D eigenvalue weighted by molar-refractivity contribution is -0.200. The number of aliphatic hydroxyl groups is 3. The first-order valence-electron chi connectivity index (χ1n) is 3.28. The fourth-order valence-corrected chi connectivity index (χ4v) is 0.902. The predicted octanol–water partition coefficient (Wildman–Crippen LogP) is -2.81. The third-order valence-electron chi connectivity index (χ3n) is 1.64. The lowest BCUT2D eigenvalue weighted by Crippen LogP contribution is -2.56. The summed E-state index contributed by atoms with van der Waals surface area (Å²) in [6, 6.07) is 0. The van der Waals surface area contributed by atoms with E-state index in [4.69, 9.17) is 15.3 Å². The normalized spacial score (nSPS) is 42.1. The minimum Gasteiger partial charge on any atom is -0.450 e. The maximum atomic E-state index is 10.6. The molecule has 1 rings (SSSR count). The van der Waals surface area contributed by atoms with E-state index in [0.717, 1.165) is 0 Å². The number of cyclic esters (lactones) is 1. The molecule has 1 aliphatic rings. The lowest BCUT2D eigenvalue weighted by Gasteiger charge is -2.31. The number of carbonyl (C=O) groups is 2. The van der Waals surface area contributed by atoms with Gasteiger partial charge in [0.05, 0.1) is 0 Å². The molecule has 0 amide bonds. The largest absolute Gasteiger partial charge is 0.450 e. The summed E-state index contributed by atoms with van der Waals surface area (Å²) in [5.41, 5.74) is 0. The van der Waals surface area contributed by atoms with Crippen molar-refractivity contribution in [3.8, 4) is 0 Å². The molecular formula is C6H8O6. The van der Waals surface area contributed by atoms with Gasteiger partial charge >= 0.3 is 5.97 Å². The van der Waals surface area contributed by atoms with Crippen molar-refractivity contribution in [3.05, 3.63) is 0 Å². The molecule has 68 valence electrons. The van der Waals surface area contributed by atoms with Crippen LogP contribution in [0.15, 0.2) is 0 Å². The first-order chi connectivity index (χ1) is 5.57. The van der Waals surface area contributed by atoms with Gasteiger partial charge in [0.1, 0.15) is 12.2 Å². The van der Waals surface area contributed by atoms with Gasteiger partial charge < -0.3 is 20.1 Å². The second-order valence-corrected chi connectivity index (χ2v) is 2.46. The molecule has 0 unspecified atom stereocenters. The Hall–Kier alpha value is -0.980. The lowest BCUT2D eigenvalue weighted by atomic mass is 10.0. The molecule has 1 fully saturated rings. The number of ether oxygens (including phenoxy) is 1. The van der Waals surface area contributed by atoms with Gasteiger partial charge in [-0.25, -0.2) is 4.79 Å². The first-order valence-corrected chi connectivity index (χ1v) is 3.28. The van der Waals surface area contributed by atoms with Crippen molar-refractivity contribution in [1.29, 1.82) is 0 Å². The standard InChI is InChI=1S/C6H8O6/c7-1-2-3(8)4(9)5(10)6(11)12-2/h1-5,8-10H/t2-,3-,4+,5-/m0/s1. The quantitative estimate of drug-likeness (QED) is 0.294. The molecule has 6 heteroatoms. The molecule has 1 heterocycles. The Morgan fingerprint density at radius 3 is 2.33 bits per heavy atom. The smallest absolute Gasteiger partial charge is 0.338 e. The highest BCUT2D eigenvalue weighted by Crippen LogP contribution is 2.14. The Morgan fingerprint density at radius 1 is 1.25 bits per heavy atom. The minimum atomic E-state index is -1.78. The van der Waals surface area contributed by atoms with Crippen molar-refractivity contribution < 1.29 is 29.6 Å². The second-order valence-electron chi connectivity index (χ2n) is 2.46. The Balaban J connectivity index is 2.76. The molecule has 1 saturated heterocycles. The van der Waals surface area contributed by atoms with Gasteiger partial charge in [-0.15, -0.1) is 0 Å². The van der Waals surface area contributed by atoms with E-state index in [1.54, 1.807) is 0 Å². The zero-order valence-corrected chi connectivity index (χ0v) is 5.95. The van der Waals surface area contributed by atoms with Gasteiger partial charge in [-0.3, -0.25) is 4.79 Å². The van der Waals surface area contributed by atoms with Crippen molar-refractivity contribution in [2.45, 2.75) is 24.4 Å².